The van der Waals surface area contributed by atoms with Gasteiger partial charge in [-0.15, -0.1) is 0 Å². The largest absolute Gasteiger partial charge is 0.394 e. The van der Waals surface area contributed by atoms with Crippen molar-refractivity contribution >= 4 is 15.7 Å². The van der Waals surface area contributed by atoms with Crippen molar-refractivity contribution in [2.24, 2.45) is 0 Å². The van der Waals surface area contributed by atoms with Gasteiger partial charge in [-0.3, -0.25) is 0 Å². The van der Waals surface area contributed by atoms with Crippen LogP contribution in [0.25, 0.3) is 0 Å². The van der Waals surface area contributed by atoms with Crippen molar-refractivity contribution in [1.29, 1.82) is 0 Å². The van der Waals surface area contributed by atoms with Crippen LogP contribution in [0, 0.1) is 11.6 Å². The Morgan fingerprint density at radius 1 is 1.25 bits per heavy atom. The van der Waals surface area contributed by atoms with E-state index in [0.29, 0.717) is 16.4 Å². The molecule has 0 aliphatic rings. The van der Waals surface area contributed by atoms with E-state index in [1.807, 2.05) is 0 Å². The van der Waals surface area contributed by atoms with Crippen LogP contribution in [0.3, 0.4) is 0 Å². The van der Waals surface area contributed by atoms with Crippen LogP contribution in [0.1, 0.15) is 6.42 Å². The molecule has 0 fully saturated rings. The van der Waals surface area contributed by atoms with Gasteiger partial charge in [0.05, 0.1) is 6.42 Å². The van der Waals surface area contributed by atoms with Crippen LogP contribution in [0.5, 0.6) is 0 Å². The molecule has 4 nitrogen and oxygen atoms in total. The number of hydrogen-bond acceptors (Lipinski definition) is 3. The lowest BCUT2D eigenvalue weighted by Gasteiger charge is -2.18. The predicted molar refractivity (Wildman–Crippen MR) is 61.3 cm³/mol. The van der Waals surface area contributed by atoms with Crippen molar-refractivity contribution in [1.82, 2.24) is 4.31 Å². The van der Waals surface area contributed by atoms with Crippen molar-refractivity contribution in [2.45, 2.75) is 17.5 Å². The minimum absolute atomic E-state index is 0.330. The maximum absolute atomic E-state index is 13.6. The zero-order chi connectivity index (χ0) is 15.7. The third-order valence-corrected chi connectivity index (χ3v) is 4.36. The summed E-state index contributed by atoms with van der Waals surface area (Å²) in [6.45, 7) is -0.886. The van der Waals surface area contributed by atoms with E-state index in [0.717, 1.165) is 7.05 Å². The minimum atomic E-state index is -4.55. The topological polar surface area (TPSA) is 63.4 Å². The fourth-order valence-electron chi connectivity index (χ4n) is 1.32. The number of nitrogens with zero attached hydrogens (tertiary/aromatic N) is 1. The van der Waals surface area contributed by atoms with Crippen LogP contribution in [-0.4, -0.2) is 32.5 Å². The molecule has 0 aromatic heterocycles. The van der Waals surface area contributed by atoms with Gasteiger partial charge in [0.25, 0.3) is 0 Å². The Morgan fingerprint density at radius 3 is 2.30 bits per heavy atom. The Kier molecular flexibility index (Phi) is 4.59. The summed E-state index contributed by atoms with van der Waals surface area (Å²) in [6, 6.07) is 1.24. The number of sulfonamides is 1. The molecule has 114 valence electrons. The molecule has 0 saturated heterocycles. The highest BCUT2D eigenvalue weighted by Crippen LogP contribution is 2.26. The molecular weight excluding hydrogens is 307 g/mol. The molecule has 20 heavy (non-hydrogen) atoms. The molecule has 0 bridgehead atoms. The van der Waals surface area contributed by atoms with Gasteiger partial charge in [-0.25, -0.2) is 21.5 Å². The molecule has 0 aliphatic heterocycles. The van der Waals surface area contributed by atoms with Crippen LogP contribution < -0.4 is 5.73 Å². The number of anilines is 1. The second-order valence-corrected chi connectivity index (χ2v) is 5.98. The Hall–Kier alpha value is -1.42. The van der Waals surface area contributed by atoms with Gasteiger partial charge in [0, 0.05) is 13.6 Å². The highest BCUT2D eigenvalue weighted by molar-refractivity contribution is 7.89. The zero-order valence-electron chi connectivity index (χ0n) is 10.2. The maximum atomic E-state index is 13.6. The van der Waals surface area contributed by atoms with E-state index in [1.165, 1.54) is 0 Å². The van der Waals surface area contributed by atoms with Gasteiger partial charge in [0.1, 0.15) is 16.4 Å². The maximum Gasteiger partial charge on any atom is 0.390 e. The van der Waals surface area contributed by atoms with Gasteiger partial charge in [0.2, 0.25) is 10.0 Å². The third kappa shape index (κ3) is 3.57. The Morgan fingerprint density at radius 2 is 1.80 bits per heavy atom. The number of hydrogen-bond donors (Lipinski definition) is 1. The molecule has 0 spiro atoms. The quantitative estimate of drug-likeness (QED) is 0.683. The molecule has 2 N–H and O–H groups in total. The lowest BCUT2D eigenvalue weighted by Crippen LogP contribution is -2.31. The molecule has 0 atom stereocenters. The van der Waals surface area contributed by atoms with Crippen molar-refractivity contribution < 1.29 is 30.4 Å². The first-order chi connectivity index (χ1) is 8.97. The zero-order valence-corrected chi connectivity index (χ0v) is 11.0. The van der Waals surface area contributed by atoms with Gasteiger partial charge in [-0.2, -0.15) is 13.2 Å². The Labute approximate surface area is 112 Å². The molecule has 0 amide bonds. The molecule has 1 rings (SSSR count). The first kappa shape index (κ1) is 16.6. The third-order valence-electron chi connectivity index (χ3n) is 2.49. The number of nitrogens with two attached hydrogens (primary N) is 1. The van der Waals surface area contributed by atoms with Crippen molar-refractivity contribution in [3.05, 3.63) is 23.8 Å². The van der Waals surface area contributed by atoms with E-state index in [-0.39, 0.29) is 0 Å². The van der Waals surface area contributed by atoms with Gasteiger partial charge < -0.3 is 5.73 Å². The monoisotopic (exact) mass is 318 g/mol. The van der Waals surface area contributed by atoms with E-state index < -0.39 is 51.4 Å². The van der Waals surface area contributed by atoms with Crippen LogP contribution >= 0.6 is 0 Å². The summed E-state index contributed by atoms with van der Waals surface area (Å²) in [5, 5.41) is 0. The molecule has 0 heterocycles. The van der Waals surface area contributed by atoms with E-state index >= 15 is 0 Å². The number of benzene rings is 1. The molecule has 10 heteroatoms. The van der Waals surface area contributed by atoms with Crippen LogP contribution in [0.15, 0.2) is 17.0 Å². The number of alkyl halides is 3. The lowest BCUT2D eigenvalue weighted by atomic mass is 10.3. The van der Waals surface area contributed by atoms with Crippen molar-refractivity contribution in [2.75, 3.05) is 19.3 Å². The summed E-state index contributed by atoms with van der Waals surface area (Å²) in [6.07, 6.45) is -5.94. The van der Waals surface area contributed by atoms with Crippen LogP contribution in [0.4, 0.5) is 27.6 Å². The smallest absolute Gasteiger partial charge is 0.390 e. The van der Waals surface area contributed by atoms with E-state index in [9.17, 15) is 30.4 Å². The Balaban J connectivity index is 3.08. The molecule has 0 unspecified atom stereocenters. The van der Waals surface area contributed by atoms with Crippen LogP contribution in [0.2, 0.25) is 0 Å². The predicted octanol–water partition coefficient (Wildman–Crippen LogP) is 2.12. The second-order valence-electron chi connectivity index (χ2n) is 3.96. The number of rotatable bonds is 4. The van der Waals surface area contributed by atoms with E-state index in [1.54, 1.807) is 0 Å². The molecule has 1 aromatic carbocycles. The standard InChI is InChI=1S/C10H11F5N2O2S/c1-17(5-4-10(13,14)15)20(18,19)7-3-2-6(11)9(16)8(7)12/h2-3H,4-5,16H2,1H3. The molecule has 0 saturated carbocycles. The number of halogens is 5. The SMILES string of the molecule is CN(CCC(F)(F)F)S(=O)(=O)c1ccc(F)c(N)c1F. The van der Waals surface area contributed by atoms with E-state index in [4.69, 9.17) is 5.73 Å². The highest BCUT2D eigenvalue weighted by Gasteiger charge is 2.32. The van der Waals surface area contributed by atoms with Crippen molar-refractivity contribution in [3.8, 4) is 0 Å². The van der Waals surface area contributed by atoms with Gasteiger partial charge in [-0.1, -0.05) is 0 Å². The van der Waals surface area contributed by atoms with Crippen LogP contribution in [-0.2, 0) is 10.0 Å². The summed E-state index contributed by atoms with van der Waals surface area (Å²) < 4.78 is 86.7. The first-order valence-corrected chi connectivity index (χ1v) is 6.67. The van der Waals surface area contributed by atoms with Gasteiger partial charge in [0.15, 0.2) is 5.82 Å². The summed E-state index contributed by atoms with van der Waals surface area (Å²) in [5.74, 6) is -2.68. The minimum Gasteiger partial charge on any atom is -0.394 e. The van der Waals surface area contributed by atoms with Crippen molar-refractivity contribution in [3.63, 3.8) is 0 Å². The fraction of sp³-hybridized carbons (Fsp3) is 0.400. The summed E-state index contributed by atoms with van der Waals surface area (Å²) >= 11 is 0. The normalized spacial score (nSPS) is 12.9. The fourth-order valence-corrected chi connectivity index (χ4v) is 2.56. The Bertz CT molecular complexity index is 600. The average molecular weight is 318 g/mol. The van der Waals surface area contributed by atoms with Gasteiger partial charge >= 0.3 is 6.18 Å². The van der Waals surface area contributed by atoms with Gasteiger partial charge in [-0.05, 0) is 12.1 Å². The summed E-state index contributed by atoms with van der Waals surface area (Å²) in [7, 11) is -3.66. The molecular formula is C10H11F5N2O2S. The molecule has 1 aromatic rings. The van der Waals surface area contributed by atoms with E-state index in [2.05, 4.69) is 0 Å². The summed E-state index contributed by atoms with van der Waals surface area (Å²) in [4.78, 5) is -0.971. The first-order valence-electron chi connectivity index (χ1n) is 5.23. The molecule has 0 radical (unpaired) electrons. The molecule has 0 aliphatic carbocycles. The highest BCUT2D eigenvalue weighted by atomic mass is 32.2. The second kappa shape index (κ2) is 5.52. The average Bonchev–Trinajstić information content (AvgIpc) is 2.31. The summed E-state index contributed by atoms with van der Waals surface area (Å²) in [5.41, 5.74) is 4.01. The lowest BCUT2D eigenvalue weighted by molar-refractivity contribution is -0.135. The number of nitrogen functional groups attached to an aromatic ring is 1.